The molecule has 1 aliphatic heterocycles. The van der Waals surface area contributed by atoms with E-state index in [4.69, 9.17) is 9.84 Å². The fourth-order valence-electron chi connectivity index (χ4n) is 4.28. The SMILES string of the molecule is O=C(O)CC1CCN(CCOC2c3ccccc3Cc3ccccc32)C1. The fraction of sp³-hybridized carbons (Fsp3) is 0.409. The minimum atomic E-state index is -0.691. The Labute approximate surface area is 154 Å². The molecule has 1 N–H and O–H groups in total. The van der Waals surface area contributed by atoms with Gasteiger partial charge in [0.2, 0.25) is 0 Å². The first kappa shape index (κ1) is 17.3. The first-order chi connectivity index (χ1) is 12.7. The van der Waals surface area contributed by atoms with Crippen molar-refractivity contribution in [1.29, 1.82) is 0 Å². The molecule has 1 unspecified atom stereocenters. The van der Waals surface area contributed by atoms with Gasteiger partial charge in [-0.3, -0.25) is 4.79 Å². The average molecular weight is 351 g/mol. The highest BCUT2D eigenvalue weighted by atomic mass is 16.5. The Balaban J connectivity index is 1.40. The lowest BCUT2D eigenvalue weighted by atomic mass is 9.84. The van der Waals surface area contributed by atoms with Crippen LogP contribution < -0.4 is 0 Å². The number of hydrogen-bond donors (Lipinski definition) is 1. The van der Waals surface area contributed by atoms with Crippen molar-refractivity contribution in [3.63, 3.8) is 0 Å². The Hall–Kier alpha value is -2.17. The molecule has 1 heterocycles. The summed E-state index contributed by atoms with van der Waals surface area (Å²) in [6.07, 6.45) is 2.21. The van der Waals surface area contributed by atoms with Crippen LogP contribution in [0.25, 0.3) is 0 Å². The van der Waals surface area contributed by atoms with Gasteiger partial charge >= 0.3 is 5.97 Å². The van der Waals surface area contributed by atoms with Crippen LogP contribution in [0.1, 0.15) is 41.2 Å². The molecule has 0 radical (unpaired) electrons. The molecule has 4 nitrogen and oxygen atoms in total. The van der Waals surface area contributed by atoms with Crippen molar-refractivity contribution < 1.29 is 14.6 Å². The molecule has 2 aromatic rings. The molecule has 1 fully saturated rings. The van der Waals surface area contributed by atoms with Gasteiger partial charge in [0.1, 0.15) is 6.10 Å². The van der Waals surface area contributed by atoms with E-state index in [9.17, 15) is 4.79 Å². The highest BCUT2D eigenvalue weighted by Gasteiger charge is 2.27. The first-order valence-corrected chi connectivity index (χ1v) is 9.42. The standard InChI is InChI=1S/C22H25NO3/c24-21(25)13-16-9-10-23(15-16)11-12-26-22-19-7-3-1-5-17(19)14-18-6-2-4-8-20(18)22/h1-8,16,22H,9-15H2,(H,24,25). The third-order valence-corrected chi connectivity index (χ3v) is 5.58. The summed E-state index contributed by atoms with van der Waals surface area (Å²) in [7, 11) is 0. The largest absolute Gasteiger partial charge is 0.481 e. The van der Waals surface area contributed by atoms with E-state index < -0.39 is 5.97 Å². The molecule has 0 bridgehead atoms. The van der Waals surface area contributed by atoms with Gasteiger partial charge in [-0.1, -0.05) is 48.5 Å². The van der Waals surface area contributed by atoms with Gasteiger partial charge in [-0.05, 0) is 47.6 Å². The molecule has 0 spiro atoms. The lowest BCUT2D eigenvalue weighted by molar-refractivity contribution is -0.138. The number of ether oxygens (including phenoxy) is 1. The van der Waals surface area contributed by atoms with Crippen molar-refractivity contribution in [2.24, 2.45) is 5.92 Å². The summed E-state index contributed by atoms with van der Waals surface area (Å²) in [4.78, 5) is 13.2. The van der Waals surface area contributed by atoms with Crippen molar-refractivity contribution in [2.45, 2.75) is 25.4 Å². The van der Waals surface area contributed by atoms with Crippen molar-refractivity contribution in [3.8, 4) is 0 Å². The molecule has 0 saturated carbocycles. The molecule has 136 valence electrons. The zero-order valence-electron chi connectivity index (χ0n) is 14.9. The van der Waals surface area contributed by atoms with E-state index in [0.29, 0.717) is 6.61 Å². The van der Waals surface area contributed by atoms with Crippen LogP contribution in [0.4, 0.5) is 0 Å². The predicted octanol–water partition coefficient (Wildman–Crippen LogP) is 3.49. The molecule has 1 saturated heterocycles. The normalized spacial score (nSPS) is 19.9. The molecular formula is C22H25NO3. The highest BCUT2D eigenvalue weighted by molar-refractivity contribution is 5.67. The number of likely N-dealkylation sites (tertiary alicyclic amines) is 1. The highest BCUT2D eigenvalue weighted by Crippen LogP contribution is 2.37. The molecule has 1 atom stereocenters. The van der Waals surface area contributed by atoms with Crippen LogP contribution >= 0.6 is 0 Å². The number of carbonyl (C=O) groups is 1. The van der Waals surface area contributed by atoms with Crippen LogP contribution in [0.5, 0.6) is 0 Å². The minimum absolute atomic E-state index is 0.00595. The maximum absolute atomic E-state index is 10.9. The van der Waals surface area contributed by atoms with E-state index in [1.807, 2.05) is 0 Å². The van der Waals surface area contributed by atoms with Crippen molar-refractivity contribution in [1.82, 2.24) is 4.90 Å². The van der Waals surface area contributed by atoms with E-state index in [1.165, 1.54) is 22.3 Å². The van der Waals surface area contributed by atoms with Crippen molar-refractivity contribution in [3.05, 3.63) is 70.8 Å². The summed E-state index contributed by atoms with van der Waals surface area (Å²) in [5.41, 5.74) is 5.24. The van der Waals surface area contributed by atoms with Gasteiger partial charge in [-0.2, -0.15) is 0 Å². The number of nitrogens with zero attached hydrogens (tertiary/aromatic N) is 1. The lowest BCUT2D eigenvalue weighted by Gasteiger charge is -2.29. The average Bonchev–Trinajstić information content (AvgIpc) is 3.07. The molecule has 4 heteroatoms. The Bertz CT molecular complexity index is 743. The molecule has 2 aromatic carbocycles. The fourth-order valence-corrected chi connectivity index (χ4v) is 4.28. The van der Waals surface area contributed by atoms with Gasteiger partial charge in [0.25, 0.3) is 0 Å². The van der Waals surface area contributed by atoms with Gasteiger partial charge in [-0.25, -0.2) is 0 Å². The second-order valence-electron chi connectivity index (χ2n) is 7.38. The maximum Gasteiger partial charge on any atom is 0.303 e. The zero-order valence-corrected chi connectivity index (χ0v) is 14.9. The monoisotopic (exact) mass is 351 g/mol. The van der Waals surface area contributed by atoms with E-state index in [2.05, 4.69) is 53.4 Å². The Morgan fingerprint density at radius 1 is 1.08 bits per heavy atom. The molecule has 26 heavy (non-hydrogen) atoms. The number of fused-ring (bicyclic) bond motifs is 2. The summed E-state index contributed by atoms with van der Waals surface area (Å²) in [5.74, 6) is -0.410. The van der Waals surface area contributed by atoms with Gasteiger partial charge < -0.3 is 14.7 Å². The van der Waals surface area contributed by atoms with Crippen molar-refractivity contribution in [2.75, 3.05) is 26.2 Å². The van der Waals surface area contributed by atoms with E-state index >= 15 is 0 Å². The third kappa shape index (κ3) is 3.67. The number of carboxylic acid groups (broad SMARTS) is 1. The van der Waals surface area contributed by atoms with Crippen LogP contribution in [0.15, 0.2) is 48.5 Å². The number of rotatable bonds is 6. The van der Waals surface area contributed by atoms with E-state index in [0.717, 1.165) is 32.5 Å². The van der Waals surface area contributed by atoms with Gasteiger partial charge in [0.15, 0.2) is 0 Å². The summed E-state index contributed by atoms with van der Waals surface area (Å²) in [6.45, 7) is 3.36. The van der Waals surface area contributed by atoms with Gasteiger partial charge in [-0.15, -0.1) is 0 Å². The third-order valence-electron chi connectivity index (χ3n) is 5.58. The van der Waals surface area contributed by atoms with E-state index in [-0.39, 0.29) is 18.4 Å². The van der Waals surface area contributed by atoms with Gasteiger partial charge in [0.05, 0.1) is 6.61 Å². The van der Waals surface area contributed by atoms with Gasteiger partial charge in [0, 0.05) is 19.5 Å². The smallest absolute Gasteiger partial charge is 0.303 e. The van der Waals surface area contributed by atoms with Crippen LogP contribution in [-0.4, -0.2) is 42.2 Å². The first-order valence-electron chi connectivity index (χ1n) is 9.42. The summed E-state index contributed by atoms with van der Waals surface area (Å²) in [6, 6.07) is 17.1. The molecule has 4 rings (SSSR count). The van der Waals surface area contributed by atoms with Crippen LogP contribution in [0.2, 0.25) is 0 Å². The number of benzene rings is 2. The Kier molecular flexibility index (Phi) is 5.05. The second-order valence-corrected chi connectivity index (χ2v) is 7.38. The van der Waals surface area contributed by atoms with Crippen LogP contribution in [0.3, 0.4) is 0 Å². The van der Waals surface area contributed by atoms with Crippen molar-refractivity contribution >= 4 is 5.97 Å². The Morgan fingerprint density at radius 2 is 1.73 bits per heavy atom. The topological polar surface area (TPSA) is 49.8 Å². The summed E-state index contributed by atoms with van der Waals surface area (Å²) >= 11 is 0. The maximum atomic E-state index is 10.9. The lowest BCUT2D eigenvalue weighted by Crippen LogP contribution is -2.27. The molecule has 1 aliphatic carbocycles. The number of hydrogen-bond acceptors (Lipinski definition) is 3. The predicted molar refractivity (Wildman–Crippen MR) is 100 cm³/mol. The molecule has 2 aliphatic rings. The van der Waals surface area contributed by atoms with E-state index in [1.54, 1.807) is 0 Å². The Morgan fingerprint density at radius 3 is 2.38 bits per heavy atom. The molecule has 0 amide bonds. The zero-order chi connectivity index (χ0) is 17.9. The summed E-state index contributed by atoms with van der Waals surface area (Å²) < 4.78 is 6.36. The quantitative estimate of drug-likeness (QED) is 0.865. The number of aliphatic carboxylic acids is 1. The summed E-state index contributed by atoms with van der Waals surface area (Å²) in [5, 5.41) is 8.95. The van der Waals surface area contributed by atoms with Crippen LogP contribution in [0, 0.1) is 5.92 Å². The molecular weight excluding hydrogens is 326 g/mol. The minimum Gasteiger partial charge on any atom is -0.481 e. The number of carboxylic acids is 1. The molecule has 0 aromatic heterocycles. The second kappa shape index (κ2) is 7.60. The van der Waals surface area contributed by atoms with Crippen LogP contribution in [-0.2, 0) is 16.0 Å².